The molecular weight excluding hydrogens is 352 g/mol. The number of amides is 1. The number of pyridine rings is 1. The highest BCUT2D eigenvalue weighted by molar-refractivity contribution is 6.09. The van der Waals surface area contributed by atoms with E-state index in [-0.39, 0.29) is 11.3 Å². The van der Waals surface area contributed by atoms with E-state index in [1.54, 1.807) is 11.0 Å². The molecule has 1 atom stereocenters. The summed E-state index contributed by atoms with van der Waals surface area (Å²) in [5, 5.41) is 4.21. The van der Waals surface area contributed by atoms with Crippen molar-refractivity contribution in [2.45, 2.75) is 57.2 Å². The number of aromatic nitrogens is 1. The van der Waals surface area contributed by atoms with Crippen molar-refractivity contribution in [3.8, 4) is 0 Å². The van der Waals surface area contributed by atoms with E-state index in [2.05, 4.69) is 9.88 Å². The zero-order valence-electron chi connectivity index (χ0n) is 16.3. The summed E-state index contributed by atoms with van der Waals surface area (Å²) in [5.74, 6) is 1.28. The van der Waals surface area contributed by atoms with Crippen LogP contribution in [0.1, 0.15) is 44.1 Å². The van der Waals surface area contributed by atoms with Crippen molar-refractivity contribution >= 4 is 22.8 Å². The van der Waals surface area contributed by atoms with Crippen LogP contribution in [0.25, 0.3) is 10.9 Å². The number of hydrogen-bond acceptors (Lipinski definition) is 4. The van der Waals surface area contributed by atoms with Gasteiger partial charge < -0.3 is 9.88 Å². The summed E-state index contributed by atoms with van der Waals surface area (Å²) < 4.78 is 2.09. The van der Waals surface area contributed by atoms with Crippen molar-refractivity contribution < 1.29 is 4.79 Å². The topological polar surface area (TPSA) is 66.7 Å². The second kappa shape index (κ2) is 6.47. The third kappa shape index (κ3) is 2.65. The van der Waals surface area contributed by atoms with Crippen molar-refractivity contribution in [3.05, 3.63) is 46.2 Å². The summed E-state index contributed by atoms with van der Waals surface area (Å²) >= 11 is 0. The number of nitrogens with zero attached hydrogens (tertiary/aromatic N) is 3. The smallest absolute Gasteiger partial charge is 0.256 e. The number of benzene rings is 1. The SMILES string of the molecule is CN1C(=O)C2(CC3CCCCC3)Cn3ccc(=O)c4cccc(c43)CN=C1N2. The van der Waals surface area contributed by atoms with E-state index < -0.39 is 5.54 Å². The molecule has 2 bridgehead atoms. The van der Waals surface area contributed by atoms with Gasteiger partial charge in [0.1, 0.15) is 5.54 Å². The van der Waals surface area contributed by atoms with Gasteiger partial charge in [-0.15, -0.1) is 0 Å². The first-order chi connectivity index (χ1) is 13.6. The Morgan fingerprint density at radius 3 is 2.82 bits per heavy atom. The number of carbonyl (C=O) groups excluding carboxylic acids is 1. The quantitative estimate of drug-likeness (QED) is 0.874. The summed E-state index contributed by atoms with van der Waals surface area (Å²) in [4.78, 5) is 32.2. The molecule has 1 saturated carbocycles. The maximum Gasteiger partial charge on any atom is 0.256 e. The van der Waals surface area contributed by atoms with Gasteiger partial charge in [0.05, 0.1) is 18.6 Å². The molecule has 0 radical (unpaired) electrons. The predicted molar refractivity (Wildman–Crippen MR) is 109 cm³/mol. The minimum atomic E-state index is -0.699. The van der Waals surface area contributed by atoms with Gasteiger partial charge in [0.2, 0.25) is 5.96 Å². The molecule has 3 heterocycles. The fourth-order valence-electron chi connectivity index (χ4n) is 5.27. The Hall–Kier alpha value is -2.63. The van der Waals surface area contributed by atoms with E-state index in [0.29, 0.717) is 30.4 Å². The zero-order chi connectivity index (χ0) is 19.3. The molecule has 1 aromatic heterocycles. The highest BCUT2D eigenvalue weighted by Crippen LogP contribution is 2.35. The number of hydrogen-bond donors (Lipinski definition) is 1. The van der Waals surface area contributed by atoms with Crippen molar-refractivity contribution in [1.82, 2.24) is 14.8 Å². The molecule has 1 saturated heterocycles. The molecule has 5 rings (SSSR count). The minimum Gasteiger partial charge on any atom is -0.344 e. The number of carbonyl (C=O) groups is 1. The molecule has 1 aliphatic carbocycles. The summed E-state index contributed by atoms with van der Waals surface area (Å²) in [6.07, 6.45) is 8.81. The molecule has 6 heteroatoms. The van der Waals surface area contributed by atoms with Crippen molar-refractivity contribution in [2.24, 2.45) is 10.9 Å². The second-order valence-corrected chi connectivity index (χ2v) is 8.54. The van der Waals surface area contributed by atoms with E-state index in [4.69, 9.17) is 4.99 Å². The van der Waals surface area contributed by atoms with E-state index >= 15 is 0 Å². The van der Waals surface area contributed by atoms with Gasteiger partial charge in [0.15, 0.2) is 5.43 Å². The van der Waals surface area contributed by atoms with Crippen LogP contribution >= 0.6 is 0 Å². The highest BCUT2D eigenvalue weighted by Gasteiger charge is 2.50. The number of likely N-dealkylation sites (N-methyl/N-ethyl adjacent to an activating group) is 1. The van der Waals surface area contributed by atoms with Gasteiger partial charge in [-0.2, -0.15) is 0 Å². The molecule has 1 unspecified atom stereocenters. The van der Waals surface area contributed by atoms with E-state index in [1.807, 2.05) is 31.4 Å². The number of fused-ring (bicyclic) bond motifs is 2. The standard InChI is InChI=1S/C22H26N4O2/c1-25-20(28)22(12-15-6-3-2-4-7-15)14-26-11-10-18(27)17-9-5-8-16(19(17)26)13-23-21(25)24-22/h5,8-11,15H,2-4,6-7,12-14H2,1H3,(H,23,24). The number of guanidine groups is 1. The molecule has 2 fully saturated rings. The van der Waals surface area contributed by atoms with Crippen LogP contribution in [-0.2, 0) is 17.9 Å². The minimum absolute atomic E-state index is 0.0166. The lowest BCUT2D eigenvalue weighted by Gasteiger charge is -2.34. The average molecular weight is 378 g/mol. The number of para-hydroxylation sites is 1. The molecule has 2 aliphatic heterocycles. The number of nitrogens with one attached hydrogen (secondary N) is 1. The van der Waals surface area contributed by atoms with Crippen LogP contribution in [0.2, 0.25) is 0 Å². The lowest BCUT2D eigenvalue weighted by molar-refractivity contribution is -0.131. The largest absolute Gasteiger partial charge is 0.344 e. The Morgan fingerprint density at radius 1 is 1.18 bits per heavy atom. The second-order valence-electron chi connectivity index (χ2n) is 8.54. The third-order valence-electron chi connectivity index (χ3n) is 6.66. The predicted octanol–water partition coefficient (Wildman–Crippen LogP) is 2.64. The molecule has 0 spiro atoms. The normalized spacial score (nSPS) is 25.1. The molecule has 28 heavy (non-hydrogen) atoms. The van der Waals surface area contributed by atoms with E-state index in [1.165, 1.54) is 32.1 Å². The third-order valence-corrected chi connectivity index (χ3v) is 6.66. The van der Waals surface area contributed by atoms with Crippen molar-refractivity contribution in [3.63, 3.8) is 0 Å². The van der Waals surface area contributed by atoms with Crippen LogP contribution in [0.4, 0.5) is 0 Å². The molecule has 1 amide bonds. The van der Waals surface area contributed by atoms with Crippen LogP contribution in [0.15, 0.2) is 40.2 Å². The highest BCUT2D eigenvalue weighted by atomic mass is 16.2. The first-order valence-electron chi connectivity index (χ1n) is 10.3. The maximum atomic E-state index is 13.4. The summed E-state index contributed by atoms with van der Waals surface area (Å²) in [7, 11) is 1.81. The zero-order valence-corrected chi connectivity index (χ0v) is 16.3. The number of aliphatic imine (C=N–C) groups is 1. The fourth-order valence-corrected chi connectivity index (χ4v) is 5.27. The fraction of sp³-hybridized carbons (Fsp3) is 0.500. The number of rotatable bonds is 2. The Morgan fingerprint density at radius 2 is 2.00 bits per heavy atom. The van der Waals surface area contributed by atoms with Crippen LogP contribution in [0.5, 0.6) is 0 Å². The Labute approximate surface area is 164 Å². The van der Waals surface area contributed by atoms with Crippen LogP contribution in [0.3, 0.4) is 0 Å². The van der Waals surface area contributed by atoms with E-state index in [9.17, 15) is 9.59 Å². The first-order valence-corrected chi connectivity index (χ1v) is 10.3. The van der Waals surface area contributed by atoms with Crippen molar-refractivity contribution in [1.29, 1.82) is 0 Å². The van der Waals surface area contributed by atoms with E-state index in [0.717, 1.165) is 17.5 Å². The van der Waals surface area contributed by atoms with Gasteiger partial charge in [-0.05, 0) is 24.0 Å². The maximum absolute atomic E-state index is 13.4. The average Bonchev–Trinajstić information content (AvgIpc) is 2.97. The van der Waals surface area contributed by atoms with Crippen LogP contribution in [-0.4, -0.2) is 33.9 Å². The molecule has 1 aromatic carbocycles. The molecule has 3 aliphatic rings. The van der Waals surface area contributed by atoms with Gasteiger partial charge in [-0.25, -0.2) is 4.99 Å². The van der Waals surface area contributed by atoms with Crippen molar-refractivity contribution in [2.75, 3.05) is 7.05 Å². The summed E-state index contributed by atoms with van der Waals surface area (Å²) in [6, 6.07) is 7.43. The summed E-state index contributed by atoms with van der Waals surface area (Å²) in [5.41, 5.74) is 1.25. The molecule has 2 aromatic rings. The van der Waals surface area contributed by atoms with Crippen LogP contribution < -0.4 is 10.7 Å². The van der Waals surface area contributed by atoms with Gasteiger partial charge in [0, 0.05) is 24.7 Å². The molecule has 6 nitrogen and oxygen atoms in total. The molecule has 1 N–H and O–H groups in total. The monoisotopic (exact) mass is 378 g/mol. The van der Waals surface area contributed by atoms with Gasteiger partial charge in [-0.1, -0.05) is 44.2 Å². The molecular formula is C22H26N4O2. The van der Waals surface area contributed by atoms with Gasteiger partial charge >= 0.3 is 0 Å². The Kier molecular flexibility index (Phi) is 4.03. The first kappa shape index (κ1) is 17.5. The van der Waals surface area contributed by atoms with Gasteiger partial charge in [0.25, 0.3) is 5.91 Å². The lowest BCUT2D eigenvalue weighted by Crippen LogP contribution is -2.52. The molecule has 146 valence electrons. The lowest BCUT2D eigenvalue weighted by atomic mass is 9.79. The van der Waals surface area contributed by atoms with Crippen LogP contribution in [0, 0.1) is 5.92 Å². The Balaban J connectivity index is 1.67. The van der Waals surface area contributed by atoms with Gasteiger partial charge in [-0.3, -0.25) is 14.5 Å². The summed E-state index contributed by atoms with van der Waals surface area (Å²) in [6.45, 7) is 0.958. The Bertz CT molecular complexity index is 1030.